The molecule has 0 fully saturated rings. The quantitative estimate of drug-likeness (QED) is 0.346. The van der Waals surface area contributed by atoms with Gasteiger partial charge < -0.3 is 4.12 Å². The monoisotopic (exact) mass is 190 g/mol. The molecule has 0 aromatic carbocycles. The van der Waals surface area contributed by atoms with Crippen LogP contribution in [0.3, 0.4) is 0 Å². The van der Waals surface area contributed by atoms with Gasteiger partial charge in [-0.05, 0) is 12.6 Å². The minimum absolute atomic E-state index is 0.687. The second-order valence-corrected chi connectivity index (χ2v) is 7.30. The average Bonchev–Trinajstić information content (AvgIpc) is 1.89. The maximum atomic E-state index is 5.24. The number of rotatable bonds is 6. The highest BCUT2D eigenvalue weighted by atomic mass is 31.3. The zero-order valence-electron chi connectivity index (χ0n) is 5.82. The van der Waals surface area contributed by atoms with Gasteiger partial charge in [0, 0.05) is 0 Å². The van der Waals surface area contributed by atoms with Crippen molar-refractivity contribution in [1.82, 2.24) is 0 Å². The van der Waals surface area contributed by atoms with Crippen LogP contribution in [0, 0.1) is 0 Å². The molecule has 0 aliphatic carbocycles. The van der Waals surface area contributed by atoms with Crippen molar-refractivity contribution in [1.29, 1.82) is 0 Å². The first kappa shape index (κ1) is 10.0. The summed E-state index contributed by atoms with van der Waals surface area (Å²) >= 11 is 0. The zero-order chi connectivity index (χ0) is 6.95. The molecule has 0 spiro atoms. The van der Waals surface area contributed by atoms with Gasteiger partial charge in [0.2, 0.25) is 19.5 Å². The van der Waals surface area contributed by atoms with Crippen LogP contribution < -0.4 is 0 Å². The van der Waals surface area contributed by atoms with E-state index in [9.17, 15) is 0 Å². The van der Waals surface area contributed by atoms with Crippen molar-refractivity contribution in [3.8, 4) is 0 Å². The molecule has 0 aliphatic heterocycles. The third-order valence-corrected chi connectivity index (χ3v) is 5.72. The Morgan fingerprint density at radius 2 is 2.22 bits per heavy atom. The molecule has 5 heteroatoms. The molecule has 0 aromatic heterocycles. The van der Waals surface area contributed by atoms with Gasteiger partial charge in [-0.25, -0.2) is 0 Å². The van der Waals surface area contributed by atoms with E-state index in [1.807, 2.05) is 0 Å². The van der Waals surface area contributed by atoms with Crippen molar-refractivity contribution >= 4 is 36.8 Å². The minimum Gasteiger partial charge on any atom is -0.457 e. The van der Waals surface area contributed by atoms with Crippen molar-refractivity contribution in [2.24, 2.45) is 0 Å². The maximum Gasteiger partial charge on any atom is 0.214 e. The summed E-state index contributed by atoms with van der Waals surface area (Å²) in [6.07, 6.45) is 0. The SMILES string of the molecule is C[Si]O[Si]CC[Si]PC. The molecule has 0 amide bonds. The fourth-order valence-corrected chi connectivity index (χ4v) is 4.38. The van der Waals surface area contributed by atoms with Crippen molar-refractivity contribution in [3.63, 3.8) is 0 Å². The highest BCUT2D eigenvalue weighted by Crippen LogP contribution is 2.03. The molecule has 0 bridgehead atoms. The molecular formula is C4H11OPSi3. The number of hydrogen-bond acceptors (Lipinski definition) is 1. The summed E-state index contributed by atoms with van der Waals surface area (Å²) in [7, 11) is 3.79. The van der Waals surface area contributed by atoms with Crippen LogP contribution in [0.4, 0.5) is 0 Å². The van der Waals surface area contributed by atoms with Gasteiger partial charge in [0.1, 0.15) is 0 Å². The van der Waals surface area contributed by atoms with Gasteiger partial charge in [-0.3, -0.25) is 0 Å². The summed E-state index contributed by atoms with van der Waals surface area (Å²) in [5.74, 6) is 0. The van der Waals surface area contributed by atoms with E-state index in [-0.39, 0.29) is 0 Å². The molecule has 0 N–H and O–H groups in total. The largest absolute Gasteiger partial charge is 0.457 e. The Morgan fingerprint density at radius 1 is 1.44 bits per heavy atom. The molecule has 0 aliphatic rings. The van der Waals surface area contributed by atoms with E-state index in [2.05, 4.69) is 13.2 Å². The summed E-state index contributed by atoms with van der Waals surface area (Å²) in [4.78, 5) is 0. The lowest BCUT2D eigenvalue weighted by atomic mass is 11.0. The van der Waals surface area contributed by atoms with Gasteiger partial charge in [0.25, 0.3) is 0 Å². The van der Waals surface area contributed by atoms with Crippen molar-refractivity contribution in [2.45, 2.75) is 18.6 Å². The molecule has 1 unspecified atom stereocenters. The van der Waals surface area contributed by atoms with Crippen LogP contribution in [0.15, 0.2) is 0 Å². The fourth-order valence-electron chi connectivity index (χ4n) is 0.362. The van der Waals surface area contributed by atoms with Crippen LogP contribution >= 0.6 is 8.13 Å². The van der Waals surface area contributed by atoms with Gasteiger partial charge in [0.15, 0.2) is 0 Å². The first-order valence-corrected chi connectivity index (χ1v) is 9.10. The second kappa shape index (κ2) is 9.04. The van der Waals surface area contributed by atoms with Gasteiger partial charge in [-0.15, -0.1) is 8.13 Å². The summed E-state index contributed by atoms with van der Waals surface area (Å²) in [6.45, 7) is 4.35. The smallest absolute Gasteiger partial charge is 0.214 e. The molecular weight excluding hydrogens is 179 g/mol. The Kier molecular flexibility index (Phi) is 10.1. The van der Waals surface area contributed by atoms with Crippen LogP contribution in [-0.4, -0.2) is 35.4 Å². The summed E-state index contributed by atoms with van der Waals surface area (Å²) in [6, 6.07) is 2.68. The Bertz CT molecular complexity index is 49.1. The predicted octanol–water partition coefficient (Wildman–Crippen LogP) is 1.05. The van der Waals surface area contributed by atoms with E-state index in [0.29, 0.717) is 9.76 Å². The maximum absolute atomic E-state index is 5.24. The van der Waals surface area contributed by atoms with E-state index in [1.54, 1.807) is 0 Å². The van der Waals surface area contributed by atoms with Crippen LogP contribution in [0.5, 0.6) is 0 Å². The third kappa shape index (κ3) is 9.04. The van der Waals surface area contributed by atoms with E-state index < -0.39 is 0 Å². The van der Waals surface area contributed by atoms with Crippen LogP contribution in [0.25, 0.3) is 0 Å². The van der Waals surface area contributed by atoms with Crippen molar-refractivity contribution in [2.75, 3.05) is 6.66 Å². The fraction of sp³-hybridized carbons (Fsp3) is 1.00. The molecule has 0 rings (SSSR count). The Balaban J connectivity index is 2.60. The average molecular weight is 190 g/mol. The van der Waals surface area contributed by atoms with Crippen LogP contribution in [0.1, 0.15) is 0 Å². The highest BCUT2D eigenvalue weighted by molar-refractivity contribution is 7.70. The van der Waals surface area contributed by atoms with Crippen LogP contribution in [0.2, 0.25) is 18.6 Å². The normalized spacial score (nSPS) is 11.3. The Labute approximate surface area is 66.7 Å². The van der Waals surface area contributed by atoms with E-state index in [4.69, 9.17) is 4.12 Å². The molecule has 1 atom stereocenters. The van der Waals surface area contributed by atoms with Gasteiger partial charge in [-0.2, -0.15) is 0 Å². The topological polar surface area (TPSA) is 9.23 Å². The molecule has 0 saturated carbocycles. The molecule has 6 radical (unpaired) electrons. The summed E-state index contributed by atoms with van der Waals surface area (Å²) in [5.41, 5.74) is 0. The lowest BCUT2D eigenvalue weighted by Crippen LogP contribution is -1.99. The first-order chi connectivity index (χ1) is 4.41. The highest BCUT2D eigenvalue weighted by Gasteiger charge is 1.89. The summed E-state index contributed by atoms with van der Waals surface area (Å²) < 4.78 is 5.24. The number of hydrogen-bond donors (Lipinski definition) is 0. The van der Waals surface area contributed by atoms with E-state index >= 15 is 0 Å². The second-order valence-electron chi connectivity index (χ2n) is 1.38. The molecule has 9 heavy (non-hydrogen) atoms. The molecule has 50 valence electrons. The molecule has 0 aromatic rings. The molecule has 0 heterocycles. The van der Waals surface area contributed by atoms with E-state index in [1.165, 1.54) is 21.3 Å². The van der Waals surface area contributed by atoms with Crippen LogP contribution in [-0.2, 0) is 4.12 Å². The standard InChI is InChI=1S/C4H11OPSi3/c1-6-9-4-3-8-5-7-2/h6H,3-4H2,1-2H3. The third-order valence-electron chi connectivity index (χ3n) is 0.703. The first-order valence-electron chi connectivity index (χ1n) is 2.87. The Morgan fingerprint density at radius 3 is 2.78 bits per heavy atom. The molecule has 1 nitrogen and oxygen atoms in total. The van der Waals surface area contributed by atoms with Gasteiger partial charge >= 0.3 is 0 Å². The van der Waals surface area contributed by atoms with Gasteiger partial charge in [-0.1, -0.05) is 12.7 Å². The zero-order valence-corrected chi connectivity index (χ0v) is 9.82. The van der Waals surface area contributed by atoms with Gasteiger partial charge in [0.05, 0.1) is 9.19 Å². The minimum atomic E-state index is 0.687. The lowest BCUT2D eigenvalue weighted by molar-refractivity contribution is 0.644. The van der Waals surface area contributed by atoms with Crippen molar-refractivity contribution in [3.05, 3.63) is 0 Å². The van der Waals surface area contributed by atoms with E-state index in [0.717, 1.165) is 17.9 Å². The summed E-state index contributed by atoms with van der Waals surface area (Å²) in [5, 5.41) is 0. The lowest BCUT2D eigenvalue weighted by Gasteiger charge is -1.95. The van der Waals surface area contributed by atoms with Crippen molar-refractivity contribution < 1.29 is 4.12 Å². The Hall–Kier alpha value is 1.04. The predicted molar refractivity (Wildman–Crippen MR) is 48.1 cm³/mol. The molecule has 0 saturated heterocycles.